The van der Waals surface area contributed by atoms with Gasteiger partial charge in [0, 0.05) is 17.7 Å². The fourth-order valence-corrected chi connectivity index (χ4v) is 2.89. The lowest BCUT2D eigenvalue weighted by Gasteiger charge is -2.15. The van der Waals surface area contributed by atoms with E-state index in [0.717, 1.165) is 6.20 Å². The molecule has 1 atom stereocenters. The van der Waals surface area contributed by atoms with Crippen molar-refractivity contribution in [2.75, 3.05) is 17.7 Å². The van der Waals surface area contributed by atoms with Gasteiger partial charge in [0.1, 0.15) is 17.5 Å². The average Bonchev–Trinajstić information content (AvgIpc) is 3.21. The number of hydrogen-bond donors (Lipinski definition) is 3. The Morgan fingerprint density at radius 2 is 1.87 bits per heavy atom. The Labute approximate surface area is 176 Å². The zero-order chi connectivity index (χ0) is 21.8. The predicted molar refractivity (Wildman–Crippen MR) is 112 cm³/mol. The van der Waals surface area contributed by atoms with Crippen molar-refractivity contribution in [2.24, 2.45) is 0 Å². The molecule has 0 aliphatic heterocycles. The lowest BCUT2D eigenvalue weighted by atomic mass is 10.1. The third-order valence-electron chi connectivity index (χ3n) is 4.42. The van der Waals surface area contributed by atoms with Crippen LogP contribution in [0.3, 0.4) is 0 Å². The number of aromatic nitrogens is 5. The van der Waals surface area contributed by atoms with E-state index < -0.39 is 5.82 Å². The Morgan fingerprint density at radius 3 is 2.58 bits per heavy atom. The standard InChI is InChI=1S/C21H19F2N7O/c1-12(16-7-6-15(23)11-24-16)25-21-26-17(13-4-3-5-14(22)8-13)9-18(28-21)27-19-10-20(31-2)30-29-19/h3-12H,1-2H3,(H3,25,26,27,28,29,30)/t12-/m0/s1. The van der Waals surface area contributed by atoms with Crippen LogP contribution >= 0.6 is 0 Å². The summed E-state index contributed by atoms with van der Waals surface area (Å²) in [5.41, 5.74) is 1.70. The van der Waals surface area contributed by atoms with Gasteiger partial charge in [0.2, 0.25) is 11.8 Å². The number of nitrogens with one attached hydrogen (secondary N) is 3. The van der Waals surface area contributed by atoms with Gasteiger partial charge in [-0.3, -0.25) is 4.98 Å². The van der Waals surface area contributed by atoms with Crippen molar-refractivity contribution in [1.29, 1.82) is 0 Å². The maximum atomic E-state index is 13.8. The first-order valence-electron chi connectivity index (χ1n) is 9.39. The predicted octanol–water partition coefficient (Wildman–Crippen LogP) is 4.47. The molecule has 3 heterocycles. The number of hydrogen-bond acceptors (Lipinski definition) is 7. The summed E-state index contributed by atoms with van der Waals surface area (Å²) >= 11 is 0. The molecule has 4 rings (SSSR count). The number of nitrogens with zero attached hydrogens (tertiary/aromatic N) is 4. The van der Waals surface area contributed by atoms with Crippen molar-refractivity contribution in [2.45, 2.75) is 13.0 Å². The van der Waals surface area contributed by atoms with Crippen LogP contribution in [0.1, 0.15) is 18.7 Å². The molecule has 0 aliphatic rings. The Morgan fingerprint density at radius 1 is 1.00 bits per heavy atom. The van der Waals surface area contributed by atoms with Crippen LogP contribution in [0.25, 0.3) is 11.3 Å². The van der Waals surface area contributed by atoms with Gasteiger partial charge in [-0.25, -0.2) is 18.9 Å². The number of methoxy groups -OCH3 is 1. The average molecular weight is 423 g/mol. The van der Waals surface area contributed by atoms with E-state index in [9.17, 15) is 8.78 Å². The van der Waals surface area contributed by atoms with Gasteiger partial charge >= 0.3 is 0 Å². The smallest absolute Gasteiger partial charge is 0.225 e. The highest BCUT2D eigenvalue weighted by molar-refractivity contribution is 5.66. The molecular weight excluding hydrogens is 404 g/mol. The van der Waals surface area contributed by atoms with Gasteiger partial charge in [-0.1, -0.05) is 12.1 Å². The van der Waals surface area contributed by atoms with Gasteiger partial charge in [-0.2, -0.15) is 10.1 Å². The zero-order valence-electron chi connectivity index (χ0n) is 16.7. The van der Waals surface area contributed by atoms with Crippen LogP contribution in [-0.4, -0.2) is 32.3 Å². The van der Waals surface area contributed by atoms with E-state index in [0.29, 0.717) is 34.5 Å². The van der Waals surface area contributed by atoms with Crippen LogP contribution in [0.15, 0.2) is 54.7 Å². The van der Waals surface area contributed by atoms with Gasteiger partial charge in [0.15, 0.2) is 5.82 Å². The van der Waals surface area contributed by atoms with Gasteiger partial charge in [-0.05, 0) is 31.2 Å². The zero-order valence-corrected chi connectivity index (χ0v) is 16.7. The first-order chi connectivity index (χ1) is 15.0. The second-order valence-electron chi connectivity index (χ2n) is 6.69. The monoisotopic (exact) mass is 423 g/mol. The summed E-state index contributed by atoms with van der Waals surface area (Å²) < 4.78 is 32.0. The minimum Gasteiger partial charge on any atom is -0.481 e. The molecule has 3 N–H and O–H groups in total. The molecular formula is C21H19F2N7O. The maximum absolute atomic E-state index is 13.8. The molecule has 0 saturated heterocycles. The third kappa shape index (κ3) is 4.92. The molecule has 1 aromatic carbocycles. The van der Waals surface area contributed by atoms with Crippen LogP contribution in [-0.2, 0) is 0 Å². The minimum absolute atomic E-state index is 0.283. The van der Waals surface area contributed by atoms with E-state index in [1.54, 1.807) is 30.3 Å². The van der Waals surface area contributed by atoms with Crippen LogP contribution in [0.4, 0.5) is 26.4 Å². The van der Waals surface area contributed by atoms with Crippen LogP contribution in [0.5, 0.6) is 5.88 Å². The lowest BCUT2D eigenvalue weighted by molar-refractivity contribution is 0.397. The van der Waals surface area contributed by atoms with E-state index in [1.807, 2.05) is 6.92 Å². The van der Waals surface area contributed by atoms with Crippen molar-refractivity contribution >= 4 is 17.6 Å². The molecule has 0 radical (unpaired) electrons. The number of benzene rings is 1. The molecule has 0 fully saturated rings. The largest absolute Gasteiger partial charge is 0.481 e. The highest BCUT2D eigenvalue weighted by atomic mass is 19.1. The van der Waals surface area contributed by atoms with E-state index in [4.69, 9.17) is 4.74 Å². The van der Waals surface area contributed by atoms with E-state index in [-0.39, 0.29) is 17.8 Å². The van der Waals surface area contributed by atoms with Crippen LogP contribution in [0, 0.1) is 11.6 Å². The Kier molecular flexibility index (Phi) is 5.69. The van der Waals surface area contributed by atoms with Gasteiger partial charge < -0.3 is 15.4 Å². The third-order valence-corrected chi connectivity index (χ3v) is 4.42. The van der Waals surface area contributed by atoms with Crippen molar-refractivity contribution < 1.29 is 13.5 Å². The molecule has 0 unspecified atom stereocenters. The maximum Gasteiger partial charge on any atom is 0.225 e. The first kappa shape index (κ1) is 20.2. The molecule has 8 nitrogen and oxygen atoms in total. The number of halogens is 2. The normalized spacial score (nSPS) is 11.7. The molecule has 10 heteroatoms. The minimum atomic E-state index is -0.416. The summed E-state index contributed by atoms with van der Waals surface area (Å²) in [6, 6.07) is 12.1. The SMILES string of the molecule is COc1cc(Nc2cc(-c3cccc(F)c3)nc(N[C@@H](C)c3ccc(F)cn3)n2)n[nH]1. The second-order valence-corrected chi connectivity index (χ2v) is 6.69. The van der Waals surface area contributed by atoms with E-state index >= 15 is 0 Å². The fraction of sp³-hybridized carbons (Fsp3) is 0.143. The van der Waals surface area contributed by atoms with Crippen molar-refractivity contribution in [1.82, 2.24) is 25.1 Å². The topological polar surface area (TPSA) is 101 Å². The van der Waals surface area contributed by atoms with Gasteiger partial charge in [-0.15, -0.1) is 0 Å². The molecule has 0 spiro atoms. The van der Waals surface area contributed by atoms with Crippen molar-refractivity contribution in [3.63, 3.8) is 0 Å². The van der Waals surface area contributed by atoms with Crippen LogP contribution in [0.2, 0.25) is 0 Å². The number of pyridine rings is 1. The number of anilines is 3. The number of ether oxygens (including phenoxy) is 1. The molecule has 0 amide bonds. The Bertz CT molecular complexity index is 1180. The Hall–Kier alpha value is -4.08. The number of rotatable bonds is 7. The van der Waals surface area contributed by atoms with E-state index in [2.05, 4.69) is 35.8 Å². The number of aromatic amines is 1. The summed E-state index contributed by atoms with van der Waals surface area (Å²) in [7, 11) is 1.52. The summed E-state index contributed by atoms with van der Waals surface area (Å²) in [6.45, 7) is 1.85. The lowest BCUT2D eigenvalue weighted by Crippen LogP contribution is -2.12. The summed E-state index contributed by atoms with van der Waals surface area (Å²) in [5, 5.41) is 13.0. The first-order valence-corrected chi connectivity index (χ1v) is 9.39. The fourth-order valence-electron chi connectivity index (χ4n) is 2.89. The summed E-state index contributed by atoms with van der Waals surface area (Å²) in [6.07, 6.45) is 1.15. The quantitative estimate of drug-likeness (QED) is 0.403. The molecule has 4 aromatic rings. The second kappa shape index (κ2) is 8.74. The highest BCUT2D eigenvalue weighted by Crippen LogP contribution is 2.26. The van der Waals surface area contributed by atoms with Crippen molar-refractivity contribution in [3.05, 3.63) is 72.1 Å². The molecule has 0 bridgehead atoms. The van der Waals surface area contributed by atoms with Gasteiger partial charge in [0.25, 0.3) is 0 Å². The molecule has 0 aliphatic carbocycles. The van der Waals surface area contributed by atoms with Crippen LogP contribution < -0.4 is 15.4 Å². The molecule has 0 saturated carbocycles. The Balaban J connectivity index is 1.67. The summed E-state index contributed by atoms with van der Waals surface area (Å²) in [5.74, 6) is 0.897. The number of H-pyrrole nitrogens is 1. The van der Waals surface area contributed by atoms with Gasteiger partial charge in [0.05, 0.1) is 30.7 Å². The molecule has 158 valence electrons. The van der Waals surface area contributed by atoms with Crippen molar-refractivity contribution in [3.8, 4) is 17.1 Å². The van der Waals surface area contributed by atoms with E-state index in [1.165, 1.54) is 25.3 Å². The highest BCUT2D eigenvalue weighted by Gasteiger charge is 2.13. The summed E-state index contributed by atoms with van der Waals surface area (Å²) in [4.78, 5) is 13.1. The molecule has 3 aromatic heterocycles. The molecule has 31 heavy (non-hydrogen) atoms.